The van der Waals surface area contributed by atoms with E-state index in [9.17, 15) is 4.39 Å². The summed E-state index contributed by atoms with van der Waals surface area (Å²) in [5.41, 5.74) is 6.99. The number of hydrogen-bond donors (Lipinski definition) is 2. The van der Waals surface area contributed by atoms with E-state index < -0.39 is 0 Å². The molecule has 5 heteroatoms. The van der Waals surface area contributed by atoms with Crippen LogP contribution < -0.4 is 5.73 Å². The highest BCUT2D eigenvalue weighted by Gasteiger charge is 2.23. The molecule has 1 fully saturated rings. The van der Waals surface area contributed by atoms with E-state index in [0.717, 1.165) is 38.2 Å². The van der Waals surface area contributed by atoms with Crippen LogP contribution in [0.5, 0.6) is 0 Å². The van der Waals surface area contributed by atoms with Crippen molar-refractivity contribution in [2.24, 2.45) is 5.73 Å². The number of nitrogens with one attached hydrogen (secondary N) is 1. The normalized spacial score (nSPS) is 21.1. The van der Waals surface area contributed by atoms with Crippen LogP contribution in [0, 0.1) is 11.2 Å². The molecule has 1 saturated heterocycles. The molecule has 1 atom stereocenters. The number of piperazine rings is 1. The third-order valence-corrected chi connectivity index (χ3v) is 4.09. The molecule has 0 saturated carbocycles. The van der Waals surface area contributed by atoms with Gasteiger partial charge in [0.25, 0.3) is 0 Å². The van der Waals surface area contributed by atoms with Gasteiger partial charge in [-0.25, -0.2) is 4.39 Å². The van der Waals surface area contributed by atoms with Gasteiger partial charge in [0, 0.05) is 37.8 Å². The van der Waals surface area contributed by atoms with Gasteiger partial charge in [0.05, 0.1) is 0 Å². The van der Waals surface area contributed by atoms with E-state index in [1.54, 1.807) is 6.07 Å². The number of nitrogen functional groups attached to an aromatic ring is 1. The first-order chi connectivity index (χ1) is 9.51. The van der Waals surface area contributed by atoms with Crippen molar-refractivity contribution in [3.05, 3.63) is 35.1 Å². The lowest BCUT2D eigenvalue weighted by atomic mass is 10.0. The summed E-state index contributed by atoms with van der Waals surface area (Å²) in [6.45, 7) is 5.95. The van der Waals surface area contributed by atoms with Crippen LogP contribution in [0.25, 0.3) is 0 Å². The summed E-state index contributed by atoms with van der Waals surface area (Å²) in [4.78, 5) is 4.74. The Morgan fingerprint density at radius 2 is 2.20 bits per heavy atom. The van der Waals surface area contributed by atoms with Gasteiger partial charge in [-0.2, -0.15) is 0 Å². The van der Waals surface area contributed by atoms with Crippen molar-refractivity contribution in [2.75, 3.05) is 26.7 Å². The molecule has 0 amide bonds. The molecule has 110 valence electrons. The molecule has 0 aromatic heterocycles. The van der Waals surface area contributed by atoms with E-state index in [2.05, 4.69) is 23.8 Å². The summed E-state index contributed by atoms with van der Waals surface area (Å²) in [5, 5.41) is 7.58. The maximum Gasteiger partial charge on any atom is 0.123 e. The third-order valence-electron chi connectivity index (χ3n) is 4.09. The van der Waals surface area contributed by atoms with Crippen LogP contribution in [-0.2, 0) is 6.54 Å². The van der Waals surface area contributed by atoms with Crippen LogP contribution in [0.4, 0.5) is 4.39 Å². The van der Waals surface area contributed by atoms with Crippen LogP contribution in [0.3, 0.4) is 0 Å². The fourth-order valence-electron chi connectivity index (χ4n) is 2.77. The SMILES string of the molecule is CCC1CN(Cc2ccc(F)cc2C(=N)N)CCN1C. The highest BCUT2D eigenvalue weighted by atomic mass is 19.1. The molecule has 0 radical (unpaired) electrons. The maximum absolute atomic E-state index is 13.3. The molecule has 4 nitrogen and oxygen atoms in total. The molecule has 1 aliphatic rings. The largest absolute Gasteiger partial charge is 0.384 e. The van der Waals surface area contributed by atoms with Gasteiger partial charge in [0.15, 0.2) is 0 Å². The Kier molecular flexibility index (Phi) is 4.73. The second-order valence-electron chi connectivity index (χ2n) is 5.49. The number of nitrogens with two attached hydrogens (primary N) is 1. The van der Waals surface area contributed by atoms with Crippen molar-refractivity contribution in [1.29, 1.82) is 5.41 Å². The predicted octanol–water partition coefficient (Wildman–Crippen LogP) is 1.64. The molecular formula is C15H23FN4. The van der Waals surface area contributed by atoms with E-state index in [-0.39, 0.29) is 11.7 Å². The van der Waals surface area contributed by atoms with Crippen LogP contribution >= 0.6 is 0 Å². The molecule has 0 bridgehead atoms. The maximum atomic E-state index is 13.3. The summed E-state index contributed by atoms with van der Waals surface area (Å²) in [7, 11) is 2.16. The Bertz CT molecular complexity index is 489. The van der Waals surface area contributed by atoms with Crippen molar-refractivity contribution in [1.82, 2.24) is 9.80 Å². The standard InChI is InChI=1S/C15H23FN4/c1-3-13-10-20(7-6-19(13)2)9-11-4-5-12(16)8-14(11)15(17)18/h4-5,8,13H,3,6-7,9-10H2,1-2H3,(H3,17,18). The van der Waals surface area contributed by atoms with Gasteiger partial charge in [-0.15, -0.1) is 0 Å². The van der Waals surface area contributed by atoms with Gasteiger partial charge in [0.2, 0.25) is 0 Å². The van der Waals surface area contributed by atoms with E-state index >= 15 is 0 Å². The number of benzene rings is 1. The first-order valence-corrected chi connectivity index (χ1v) is 7.06. The molecule has 1 heterocycles. The number of amidine groups is 1. The second-order valence-corrected chi connectivity index (χ2v) is 5.49. The first-order valence-electron chi connectivity index (χ1n) is 7.06. The average Bonchev–Trinajstić information content (AvgIpc) is 2.42. The van der Waals surface area contributed by atoms with E-state index in [0.29, 0.717) is 11.6 Å². The monoisotopic (exact) mass is 278 g/mol. The minimum atomic E-state index is -0.344. The number of nitrogens with zero attached hydrogens (tertiary/aromatic N) is 2. The molecule has 0 aliphatic carbocycles. The zero-order valence-corrected chi connectivity index (χ0v) is 12.2. The molecule has 2 rings (SSSR count). The molecular weight excluding hydrogens is 255 g/mol. The summed E-state index contributed by atoms with van der Waals surface area (Å²) in [5.74, 6) is -0.413. The predicted molar refractivity (Wildman–Crippen MR) is 79.4 cm³/mol. The highest BCUT2D eigenvalue weighted by Crippen LogP contribution is 2.17. The Hall–Kier alpha value is -1.46. The van der Waals surface area contributed by atoms with Gasteiger partial charge in [0.1, 0.15) is 11.7 Å². The zero-order chi connectivity index (χ0) is 14.7. The lowest BCUT2D eigenvalue weighted by Crippen LogP contribution is -2.50. The van der Waals surface area contributed by atoms with Crippen LogP contribution in [0.2, 0.25) is 0 Å². The van der Waals surface area contributed by atoms with Crippen LogP contribution in [-0.4, -0.2) is 48.4 Å². The number of likely N-dealkylation sites (N-methyl/N-ethyl adjacent to an activating group) is 1. The van der Waals surface area contributed by atoms with E-state index in [1.807, 2.05) is 0 Å². The highest BCUT2D eigenvalue weighted by molar-refractivity contribution is 5.96. The van der Waals surface area contributed by atoms with Crippen molar-refractivity contribution >= 4 is 5.84 Å². The summed E-state index contributed by atoms with van der Waals surface area (Å²) in [6, 6.07) is 5.09. The van der Waals surface area contributed by atoms with Crippen molar-refractivity contribution in [3.63, 3.8) is 0 Å². The Labute approximate surface area is 119 Å². The molecule has 1 unspecified atom stereocenters. The van der Waals surface area contributed by atoms with Gasteiger partial charge < -0.3 is 10.6 Å². The van der Waals surface area contributed by atoms with Gasteiger partial charge in [-0.3, -0.25) is 10.3 Å². The Morgan fingerprint density at radius 3 is 2.85 bits per heavy atom. The fraction of sp³-hybridized carbons (Fsp3) is 0.533. The van der Waals surface area contributed by atoms with E-state index in [1.165, 1.54) is 12.1 Å². The van der Waals surface area contributed by atoms with Crippen molar-refractivity contribution < 1.29 is 4.39 Å². The number of rotatable bonds is 4. The third kappa shape index (κ3) is 3.35. The van der Waals surface area contributed by atoms with Crippen LogP contribution in [0.15, 0.2) is 18.2 Å². The summed E-state index contributed by atoms with van der Waals surface area (Å²) < 4.78 is 13.3. The van der Waals surface area contributed by atoms with Crippen LogP contribution in [0.1, 0.15) is 24.5 Å². The number of hydrogen-bond acceptors (Lipinski definition) is 3. The number of halogens is 1. The van der Waals surface area contributed by atoms with E-state index in [4.69, 9.17) is 11.1 Å². The second kappa shape index (κ2) is 6.33. The van der Waals surface area contributed by atoms with Gasteiger partial charge >= 0.3 is 0 Å². The molecule has 0 spiro atoms. The van der Waals surface area contributed by atoms with Crippen molar-refractivity contribution in [3.8, 4) is 0 Å². The Balaban J connectivity index is 2.12. The molecule has 1 aliphatic heterocycles. The van der Waals surface area contributed by atoms with Crippen molar-refractivity contribution in [2.45, 2.75) is 25.9 Å². The molecule has 3 N–H and O–H groups in total. The molecule has 1 aromatic rings. The molecule has 1 aromatic carbocycles. The summed E-state index contributed by atoms with van der Waals surface area (Å²) in [6.07, 6.45) is 1.12. The lowest BCUT2D eigenvalue weighted by molar-refractivity contribution is 0.0883. The fourth-order valence-corrected chi connectivity index (χ4v) is 2.77. The quantitative estimate of drug-likeness (QED) is 0.650. The minimum absolute atomic E-state index is 0.0688. The first kappa shape index (κ1) is 14.9. The summed E-state index contributed by atoms with van der Waals surface area (Å²) >= 11 is 0. The molecule has 20 heavy (non-hydrogen) atoms. The zero-order valence-electron chi connectivity index (χ0n) is 12.2. The minimum Gasteiger partial charge on any atom is -0.384 e. The lowest BCUT2D eigenvalue weighted by Gasteiger charge is -2.39. The average molecular weight is 278 g/mol. The van der Waals surface area contributed by atoms with Gasteiger partial charge in [-0.1, -0.05) is 13.0 Å². The van der Waals surface area contributed by atoms with Gasteiger partial charge in [-0.05, 0) is 31.2 Å². The smallest absolute Gasteiger partial charge is 0.123 e. The topological polar surface area (TPSA) is 56.4 Å². The Morgan fingerprint density at radius 1 is 1.45 bits per heavy atom.